The second-order valence-corrected chi connectivity index (χ2v) is 3.95. The summed E-state index contributed by atoms with van der Waals surface area (Å²) in [5, 5.41) is 10.9. The first-order valence-electron chi connectivity index (χ1n) is 5.75. The van der Waals surface area contributed by atoms with Crippen molar-refractivity contribution in [2.45, 2.75) is 13.8 Å². The molecule has 0 fully saturated rings. The number of amides is 1. The topological polar surface area (TPSA) is 89.5 Å². The lowest BCUT2D eigenvalue weighted by Gasteiger charge is -2.20. The van der Waals surface area contributed by atoms with E-state index in [2.05, 4.69) is 0 Å². The number of benzene rings is 1. The predicted molar refractivity (Wildman–Crippen MR) is 68.5 cm³/mol. The Kier molecular flexibility index (Phi) is 4.79. The highest BCUT2D eigenvalue weighted by Gasteiger charge is 2.23. The summed E-state index contributed by atoms with van der Waals surface area (Å²) in [5.74, 6) is -0.349. The van der Waals surface area contributed by atoms with Gasteiger partial charge in [-0.3, -0.25) is 14.9 Å². The van der Waals surface area contributed by atoms with Crippen LogP contribution in [0, 0.1) is 17.0 Å². The summed E-state index contributed by atoms with van der Waals surface area (Å²) in [5.41, 5.74) is 6.19. The van der Waals surface area contributed by atoms with Crippen molar-refractivity contribution in [2.24, 2.45) is 5.73 Å². The molecule has 0 atom stereocenters. The number of nitrogens with two attached hydrogens (primary N) is 1. The van der Waals surface area contributed by atoms with Crippen molar-refractivity contribution in [3.05, 3.63) is 39.4 Å². The van der Waals surface area contributed by atoms with Gasteiger partial charge in [-0.15, -0.1) is 0 Å². The average molecular weight is 251 g/mol. The van der Waals surface area contributed by atoms with Gasteiger partial charge in [-0.05, 0) is 25.5 Å². The Hall–Kier alpha value is -1.95. The molecule has 0 spiro atoms. The molecule has 0 radical (unpaired) electrons. The molecule has 0 aliphatic rings. The van der Waals surface area contributed by atoms with E-state index in [0.717, 1.165) is 5.56 Å². The molecule has 1 aromatic rings. The van der Waals surface area contributed by atoms with Crippen molar-refractivity contribution in [2.75, 3.05) is 19.6 Å². The van der Waals surface area contributed by atoms with E-state index in [1.54, 1.807) is 19.1 Å². The summed E-state index contributed by atoms with van der Waals surface area (Å²) in [6.45, 7) is 4.80. The molecule has 6 heteroatoms. The maximum Gasteiger partial charge on any atom is 0.282 e. The van der Waals surface area contributed by atoms with Gasteiger partial charge < -0.3 is 10.6 Å². The lowest BCUT2D eigenvalue weighted by atomic mass is 10.1. The van der Waals surface area contributed by atoms with Gasteiger partial charge in [0.2, 0.25) is 0 Å². The Bertz CT molecular complexity index is 460. The van der Waals surface area contributed by atoms with Gasteiger partial charge in [-0.2, -0.15) is 0 Å². The molecule has 98 valence electrons. The van der Waals surface area contributed by atoms with Gasteiger partial charge in [-0.1, -0.05) is 6.07 Å². The van der Waals surface area contributed by atoms with E-state index >= 15 is 0 Å². The maximum atomic E-state index is 12.2. The number of carbonyl (C=O) groups is 1. The predicted octanol–water partition coefficient (Wildman–Crippen LogP) is 1.32. The molecular formula is C12H17N3O3. The van der Waals surface area contributed by atoms with Crippen LogP contribution in [0.15, 0.2) is 18.2 Å². The fourth-order valence-electron chi connectivity index (χ4n) is 1.71. The Balaban J connectivity index is 3.17. The molecule has 0 unspecified atom stereocenters. The van der Waals surface area contributed by atoms with Crippen LogP contribution in [0.4, 0.5) is 5.69 Å². The van der Waals surface area contributed by atoms with Crippen LogP contribution in [0.3, 0.4) is 0 Å². The molecular weight excluding hydrogens is 234 g/mol. The zero-order chi connectivity index (χ0) is 13.7. The highest BCUT2D eigenvalue weighted by Crippen LogP contribution is 2.21. The third-order valence-electron chi connectivity index (χ3n) is 2.65. The van der Waals surface area contributed by atoms with Crippen LogP contribution in [0.1, 0.15) is 22.8 Å². The number of aryl methyl sites for hydroxylation is 1. The summed E-state index contributed by atoms with van der Waals surface area (Å²) in [6.07, 6.45) is 0. The number of carbonyl (C=O) groups excluding carboxylic acids is 1. The highest BCUT2D eigenvalue weighted by atomic mass is 16.6. The molecule has 2 N–H and O–H groups in total. The summed E-state index contributed by atoms with van der Waals surface area (Å²) in [4.78, 5) is 24.1. The van der Waals surface area contributed by atoms with Crippen LogP contribution in [0.5, 0.6) is 0 Å². The van der Waals surface area contributed by atoms with Crippen molar-refractivity contribution in [3.8, 4) is 0 Å². The van der Waals surface area contributed by atoms with Gasteiger partial charge in [0.15, 0.2) is 0 Å². The standard InChI is InChI=1S/C12H17N3O3/c1-3-14(7-6-13)12(16)10-8-9(2)4-5-11(10)15(17)18/h4-5,8H,3,6-7,13H2,1-2H3. The molecule has 0 aliphatic heterocycles. The van der Waals surface area contributed by atoms with Crippen LogP contribution in [-0.2, 0) is 0 Å². The summed E-state index contributed by atoms with van der Waals surface area (Å²) in [7, 11) is 0. The lowest BCUT2D eigenvalue weighted by Crippen LogP contribution is -2.35. The monoisotopic (exact) mass is 251 g/mol. The smallest absolute Gasteiger partial charge is 0.282 e. The first-order valence-corrected chi connectivity index (χ1v) is 5.75. The minimum absolute atomic E-state index is 0.121. The first kappa shape index (κ1) is 14.1. The summed E-state index contributed by atoms with van der Waals surface area (Å²) >= 11 is 0. The molecule has 0 heterocycles. The molecule has 0 saturated heterocycles. The second kappa shape index (κ2) is 6.11. The van der Waals surface area contributed by atoms with E-state index in [1.165, 1.54) is 11.0 Å². The van der Waals surface area contributed by atoms with E-state index in [9.17, 15) is 14.9 Å². The van der Waals surface area contributed by atoms with E-state index in [-0.39, 0.29) is 17.2 Å². The Morgan fingerprint density at radius 2 is 2.17 bits per heavy atom. The van der Waals surface area contributed by atoms with Crippen LogP contribution >= 0.6 is 0 Å². The van der Waals surface area contributed by atoms with E-state index < -0.39 is 4.92 Å². The van der Waals surface area contributed by atoms with Gasteiger partial charge in [-0.25, -0.2) is 0 Å². The first-order chi connectivity index (χ1) is 8.51. The number of rotatable bonds is 5. The molecule has 0 bridgehead atoms. The van der Waals surface area contributed by atoms with Gasteiger partial charge in [0.1, 0.15) is 5.56 Å². The van der Waals surface area contributed by atoms with E-state index in [1.807, 2.05) is 6.92 Å². The van der Waals surface area contributed by atoms with Crippen molar-refractivity contribution < 1.29 is 9.72 Å². The molecule has 1 aromatic carbocycles. The number of nitro benzene ring substituents is 1. The van der Waals surface area contributed by atoms with E-state index in [4.69, 9.17) is 5.73 Å². The molecule has 0 aromatic heterocycles. The molecule has 0 aliphatic carbocycles. The Morgan fingerprint density at radius 3 is 2.67 bits per heavy atom. The largest absolute Gasteiger partial charge is 0.337 e. The van der Waals surface area contributed by atoms with Crippen molar-refractivity contribution in [1.82, 2.24) is 4.90 Å². The van der Waals surface area contributed by atoms with Crippen LogP contribution in [0.25, 0.3) is 0 Å². The number of hydrogen-bond donors (Lipinski definition) is 1. The third kappa shape index (κ3) is 3.04. The summed E-state index contributed by atoms with van der Waals surface area (Å²) < 4.78 is 0. The number of nitrogens with zero attached hydrogens (tertiary/aromatic N) is 2. The molecule has 18 heavy (non-hydrogen) atoms. The normalized spacial score (nSPS) is 10.2. The molecule has 0 saturated carbocycles. The lowest BCUT2D eigenvalue weighted by molar-refractivity contribution is -0.385. The maximum absolute atomic E-state index is 12.2. The van der Waals surface area contributed by atoms with Crippen LogP contribution in [0.2, 0.25) is 0 Å². The highest BCUT2D eigenvalue weighted by molar-refractivity contribution is 5.98. The Labute approximate surface area is 106 Å². The fourth-order valence-corrected chi connectivity index (χ4v) is 1.71. The number of likely N-dealkylation sites (N-methyl/N-ethyl adjacent to an activating group) is 1. The quantitative estimate of drug-likeness (QED) is 0.631. The van der Waals surface area contributed by atoms with Crippen LogP contribution in [-0.4, -0.2) is 35.4 Å². The third-order valence-corrected chi connectivity index (χ3v) is 2.65. The van der Waals surface area contributed by atoms with Gasteiger partial charge in [0.25, 0.3) is 11.6 Å². The summed E-state index contributed by atoms with van der Waals surface area (Å²) in [6, 6.07) is 4.52. The Morgan fingerprint density at radius 1 is 1.50 bits per heavy atom. The van der Waals surface area contributed by atoms with Crippen molar-refractivity contribution in [3.63, 3.8) is 0 Å². The van der Waals surface area contributed by atoms with Gasteiger partial charge in [0, 0.05) is 25.7 Å². The van der Waals surface area contributed by atoms with Gasteiger partial charge in [0.05, 0.1) is 4.92 Å². The average Bonchev–Trinajstić information content (AvgIpc) is 2.34. The molecule has 1 rings (SSSR count). The molecule has 1 amide bonds. The van der Waals surface area contributed by atoms with Crippen molar-refractivity contribution in [1.29, 1.82) is 0 Å². The molecule has 6 nitrogen and oxygen atoms in total. The van der Waals surface area contributed by atoms with Gasteiger partial charge >= 0.3 is 0 Å². The SMILES string of the molecule is CCN(CCN)C(=O)c1cc(C)ccc1[N+](=O)[O-]. The van der Waals surface area contributed by atoms with Crippen LogP contribution < -0.4 is 5.73 Å². The zero-order valence-corrected chi connectivity index (χ0v) is 10.5. The fraction of sp³-hybridized carbons (Fsp3) is 0.417. The van der Waals surface area contributed by atoms with E-state index in [0.29, 0.717) is 19.6 Å². The zero-order valence-electron chi connectivity index (χ0n) is 10.5. The number of nitro groups is 1. The van der Waals surface area contributed by atoms with Crippen molar-refractivity contribution >= 4 is 11.6 Å². The second-order valence-electron chi connectivity index (χ2n) is 3.95. The number of hydrogen-bond acceptors (Lipinski definition) is 4. The minimum Gasteiger partial charge on any atom is -0.337 e. The minimum atomic E-state index is -0.539.